The predicted molar refractivity (Wildman–Crippen MR) is 248 cm³/mol. The van der Waals surface area contributed by atoms with Crippen LogP contribution >= 0.6 is 11.9 Å². The molecule has 0 spiro atoms. The van der Waals surface area contributed by atoms with Crippen LogP contribution in [0, 0.1) is 11.8 Å². The molecule has 6 rings (SSSR count). The number of ether oxygens (including phenoxy) is 2. The van der Waals surface area contributed by atoms with Crippen molar-refractivity contribution in [3.8, 4) is 33.8 Å². The molecular formula is C49H58N6O7S. The molecule has 0 unspecified atom stereocenters. The van der Waals surface area contributed by atoms with Crippen LogP contribution in [0.15, 0.2) is 89.3 Å². The van der Waals surface area contributed by atoms with Crippen LogP contribution in [0.2, 0.25) is 0 Å². The molecule has 4 atom stereocenters. The lowest BCUT2D eigenvalue weighted by Gasteiger charge is -2.32. The summed E-state index contributed by atoms with van der Waals surface area (Å²) in [6.45, 7) is 4.59. The second kappa shape index (κ2) is 22.1. The quantitative estimate of drug-likeness (QED) is 0.0710. The normalized spacial score (nSPS) is 18.2. The van der Waals surface area contributed by atoms with Crippen molar-refractivity contribution in [3.63, 3.8) is 0 Å². The Morgan fingerprint density at radius 1 is 0.857 bits per heavy atom. The van der Waals surface area contributed by atoms with Gasteiger partial charge in [-0.2, -0.15) is 0 Å². The molecule has 7 N–H and O–H groups in total. The number of carbonyl (C=O) groups excluding carboxylic acids is 5. The van der Waals surface area contributed by atoms with Gasteiger partial charge in [0, 0.05) is 74.1 Å². The van der Waals surface area contributed by atoms with E-state index in [0.29, 0.717) is 45.9 Å². The molecule has 4 aromatic carbocycles. The molecule has 14 heteroatoms. The summed E-state index contributed by atoms with van der Waals surface area (Å²) in [6, 6.07) is 24.8. The molecule has 332 valence electrons. The highest BCUT2D eigenvalue weighted by Crippen LogP contribution is 2.41. The molecule has 0 saturated heterocycles. The summed E-state index contributed by atoms with van der Waals surface area (Å²) < 4.78 is 16.7. The van der Waals surface area contributed by atoms with Crippen LogP contribution in [0.25, 0.3) is 22.3 Å². The van der Waals surface area contributed by atoms with E-state index in [9.17, 15) is 24.0 Å². The first kappa shape index (κ1) is 46.8. The lowest BCUT2D eigenvalue weighted by Crippen LogP contribution is -2.46. The van der Waals surface area contributed by atoms with Crippen LogP contribution in [-0.4, -0.2) is 85.0 Å². The molecule has 13 nitrogen and oxygen atoms in total. The van der Waals surface area contributed by atoms with Crippen molar-refractivity contribution >= 4 is 46.2 Å². The molecule has 2 heterocycles. The van der Waals surface area contributed by atoms with Gasteiger partial charge in [-0.15, -0.1) is 0 Å². The molecule has 2 aliphatic rings. The smallest absolute Gasteiger partial charge is 0.228 e. The largest absolute Gasteiger partial charge is 0.492 e. The summed E-state index contributed by atoms with van der Waals surface area (Å²) in [5, 5.41) is 2.92. The van der Waals surface area contributed by atoms with Crippen molar-refractivity contribution in [2.45, 2.75) is 70.9 Å². The number of amides is 2. The van der Waals surface area contributed by atoms with Gasteiger partial charge < -0.3 is 36.9 Å². The molecule has 0 saturated carbocycles. The van der Waals surface area contributed by atoms with E-state index in [0.717, 1.165) is 47.9 Å². The summed E-state index contributed by atoms with van der Waals surface area (Å²) >= 11 is 0.851. The van der Waals surface area contributed by atoms with Crippen LogP contribution < -0.4 is 32.0 Å². The number of aryl methyl sites for hydroxylation is 1. The van der Waals surface area contributed by atoms with Crippen molar-refractivity contribution in [2.75, 3.05) is 39.9 Å². The number of fused-ring (bicyclic) bond motifs is 5. The molecule has 2 aliphatic heterocycles. The highest BCUT2D eigenvalue weighted by Gasteiger charge is 2.36. The van der Waals surface area contributed by atoms with Gasteiger partial charge in [-0.05, 0) is 71.3 Å². The molecular weight excluding hydrogens is 817 g/mol. The Kier molecular flexibility index (Phi) is 16.4. The average Bonchev–Trinajstić information content (AvgIpc) is 3.74. The zero-order valence-electron chi connectivity index (χ0n) is 36.3. The van der Waals surface area contributed by atoms with Crippen LogP contribution in [0.4, 0.5) is 0 Å². The summed E-state index contributed by atoms with van der Waals surface area (Å²) in [5.74, 6) is -2.38. The van der Waals surface area contributed by atoms with E-state index < -0.39 is 41.5 Å². The van der Waals surface area contributed by atoms with Gasteiger partial charge >= 0.3 is 0 Å². The number of benzene rings is 4. The Morgan fingerprint density at radius 3 is 2.10 bits per heavy atom. The van der Waals surface area contributed by atoms with Gasteiger partial charge in [0.1, 0.15) is 30.8 Å². The minimum atomic E-state index is -1.18. The minimum absolute atomic E-state index is 0.0747. The fourth-order valence-electron chi connectivity index (χ4n) is 8.00. The maximum atomic E-state index is 14.7. The number of nitrogens with two attached hydrogens (primary N) is 3. The summed E-state index contributed by atoms with van der Waals surface area (Å²) in [4.78, 5) is 70.4. The number of unbranched alkanes of at least 4 members (excludes halogenated alkanes) is 1. The number of hydrogen-bond donors (Lipinski definition) is 4. The third-order valence-corrected chi connectivity index (χ3v) is 12.2. The van der Waals surface area contributed by atoms with Crippen LogP contribution in [0.3, 0.4) is 0 Å². The zero-order chi connectivity index (χ0) is 45.0. The highest BCUT2D eigenvalue weighted by molar-refractivity contribution is 8.13. The maximum absolute atomic E-state index is 14.7. The molecule has 2 amide bonds. The van der Waals surface area contributed by atoms with Gasteiger partial charge in [-0.25, -0.2) is 4.40 Å². The molecule has 0 radical (unpaired) electrons. The summed E-state index contributed by atoms with van der Waals surface area (Å²) in [6.07, 6.45) is 3.28. The molecule has 0 aromatic heterocycles. The molecule has 0 aliphatic carbocycles. The van der Waals surface area contributed by atoms with E-state index in [1.807, 2.05) is 30.3 Å². The molecule has 0 fully saturated rings. The number of carbonyl (C=O) groups is 5. The van der Waals surface area contributed by atoms with E-state index >= 15 is 0 Å². The first-order valence-corrected chi connectivity index (χ1v) is 22.4. The first-order valence-electron chi connectivity index (χ1n) is 21.7. The lowest BCUT2D eigenvalue weighted by molar-refractivity contribution is -0.142. The van der Waals surface area contributed by atoms with Gasteiger partial charge in [0.15, 0.2) is 11.6 Å². The fraction of sp³-hybridized carbons (Fsp3) is 0.388. The minimum Gasteiger partial charge on any atom is -0.492 e. The van der Waals surface area contributed by atoms with E-state index in [2.05, 4.69) is 40.9 Å². The van der Waals surface area contributed by atoms with Crippen molar-refractivity contribution in [2.24, 2.45) is 33.4 Å². The van der Waals surface area contributed by atoms with Gasteiger partial charge in [-0.1, -0.05) is 80.9 Å². The highest BCUT2D eigenvalue weighted by atomic mass is 32.2. The van der Waals surface area contributed by atoms with Crippen LogP contribution in [-0.2, 0) is 32.0 Å². The van der Waals surface area contributed by atoms with E-state index in [1.54, 1.807) is 37.3 Å². The Bertz CT molecular complexity index is 2320. The number of nitrogens with zero attached hydrogens (tertiary/aromatic N) is 2. The van der Waals surface area contributed by atoms with Gasteiger partial charge in [0.05, 0.1) is 24.1 Å². The average molecular weight is 875 g/mol. The molecule has 63 heavy (non-hydrogen) atoms. The van der Waals surface area contributed by atoms with Crippen molar-refractivity contribution in [1.29, 1.82) is 0 Å². The second-order valence-corrected chi connectivity index (χ2v) is 17.0. The second-order valence-electron chi connectivity index (χ2n) is 16.2. The van der Waals surface area contributed by atoms with E-state index in [-0.39, 0.29) is 63.0 Å². The fourth-order valence-corrected chi connectivity index (χ4v) is 8.62. The predicted octanol–water partition coefficient (Wildman–Crippen LogP) is 6.04. The number of rotatable bonds is 17. The van der Waals surface area contributed by atoms with E-state index in [1.165, 1.54) is 17.5 Å². The summed E-state index contributed by atoms with van der Waals surface area (Å²) in [7, 11) is 1.52. The number of likely N-dealkylation sites (N-methyl/N-ethyl adjacent to an activating group) is 1. The van der Waals surface area contributed by atoms with E-state index in [4.69, 9.17) is 26.7 Å². The number of Topliss-reactive ketones (excluding diaryl/α,β-unsaturated/α-hetero) is 2. The number of hydrogen-bond acceptors (Lipinski definition) is 12. The topological polar surface area (TPSA) is 210 Å². The molecule has 4 bridgehead atoms. The lowest BCUT2D eigenvalue weighted by atomic mass is 9.88. The monoisotopic (exact) mass is 874 g/mol. The zero-order valence-corrected chi connectivity index (χ0v) is 37.1. The Hall–Kier alpha value is -5.67. The number of nitrogens with one attached hydrogen (secondary N) is 1. The van der Waals surface area contributed by atoms with Gasteiger partial charge in [-0.3, -0.25) is 24.0 Å². The number of ketones is 2. The Morgan fingerprint density at radius 2 is 1.49 bits per heavy atom. The SMILES string of the molecule is CCCCc1ccc(-c2ccc(C(=O)C[C@@H](CN)C(=O)N(C)[C@@H]3C(=O)C[C@@H](C)C(=O)N[C@H](C4=NSC(=O)C4)Cc4ccc(OCCN)c(c4)-c4cc3ccc4OCCN)cc2)cc1. The van der Waals surface area contributed by atoms with Crippen molar-refractivity contribution in [1.82, 2.24) is 10.2 Å². The van der Waals surface area contributed by atoms with Crippen LogP contribution in [0.1, 0.15) is 79.0 Å². The maximum Gasteiger partial charge on any atom is 0.228 e. The van der Waals surface area contributed by atoms with Gasteiger partial charge in [0.25, 0.3) is 0 Å². The van der Waals surface area contributed by atoms with Gasteiger partial charge in [0.2, 0.25) is 16.9 Å². The Labute approximate surface area is 373 Å². The summed E-state index contributed by atoms with van der Waals surface area (Å²) in [5.41, 5.74) is 24.7. The van der Waals surface area contributed by atoms with Crippen molar-refractivity contribution in [3.05, 3.63) is 107 Å². The third kappa shape index (κ3) is 11.7. The van der Waals surface area contributed by atoms with Crippen molar-refractivity contribution < 1.29 is 33.4 Å². The van der Waals surface area contributed by atoms with Crippen LogP contribution in [0.5, 0.6) is 11.5 Å². The first-order chi connectivity index (χ1) is 30.4. The standard InChI is InChI=1S/C49H58N6O7S/c1-4-5-6-31-7-10-33(11-8-31)34-12-14-35(15-13-34)42(56)27-37(29-52)49(60)55(3)47-36-16-18-45(62-22-20-51)39(26-36)38-24-32(9-17-44(38)61-21-19-50)25-40(41-28-46(58)63-54-41)53-48(59)30(2)23-43(47)57/h7-18,24,26,30,37,40,47H,4-6,19-23,25,27-29,50-52H2,1-3H3,(H,53,59)/t30-,37+,40+,47+/m1/s1. The third-order valence-electron chi connectivity index (χ3n) is 11.5. The Balaban J connectivity index is 1.34. The molecule has 4 aromatic rings.